The van der Waals surface area contributed by atoms with Gasteiger partial charge in [-0.1, -0.05) is 42.0 Å². The highest BCUT2D eigenvalue weighted by Gasteiger charge is 2.13. The molecule has 4 aromatic rings. The molecule has 6 nitrogen and oxygen atoms in total. The van der Waals surface area contributed by atoms with Crippen LogP contribution in [0.4, 0.5) is 5.95 Å². The summed E-state index contributed by atoms with van der Waals surface area (Å²) in [6, 6.07) is 15.8. The number of fused-ring (bicyclic) bond motifs is 1. The molecule has 0 aliphatic heterocycles. The summed E-state index contributed by atoms with van der Waals surface area (Å²) in [6.45, 7) is 3.93. The van der Waals surface area contributed by atoms with E-state index >= 15 is 0 Å². The Bertz CT molecular complexity index is 1100. The summed E-state index contributed by atoms with van der Waals surface area (Å²) in [5.74, 6) is 0.630. The molecule has 4 rings (SSSR count). The van der Waals surface area contributed by atoms with Gasteiger partial charge < -0.3 is 4.74 Å². The van der Waals surface area contributed by atoms with Crippen molar-refractivity contribution in [2.24, 2.45) is 0 Å². The Balaban J connectivity index is 1.46. The van der Waals surface area contributed by atoms with Gasteiger partial charge >= 0.3 is 0 Å². The molecule has 0 saturated carbocycles. The summed E-state index contributed by atoms with van der Waals surface area (Å²) in [6.07, 6.45) is 0. The number of hydrogen-bond acceptors (Lipinski definition) is 5. The minimum absolute atomic E-state index is 0.0961. The van der Waals surface area contributed by atoms with E-state index in [2.05, 4.69) is 34.5 Å². The van der Waals surface area contributed by atoms with Gasteiger partial charge in [0, 0.05) is 10.9 Å². The van der Waals surface area contributed by atoms with Crippen molar-refractivity contribution in [2.75, 3.05) is 11.9 Å². The van der Waals surface area contributed by atoms with E-state index in [1.807, 2.05) is 48.7 Å². The highest BCUT2D eigenvalue weighted by Crippen LogP contribution is 2.26. The predicted molar refractivity (Wildman–Crippen MR) is 106 cm³/mol. The molecule has 27 heavy (non-hydrogen) atoms. The van der Waals surface area contributed by atoms with E-state index in [4.69, 9.17) is 4.74 Å². The molecule has 136 valence electrons. The smallest absolute Gasteiger partial charge is 0.264 e. The summed E-state index contributed by atoms with van der Waals surface area (Å²) in [4.78, 5) is 17.2. The van der Waals surface area contributed by atoms with Gasteiger partial charge in [0.2, 0.25) is 4.96 Å². The Kier molecular flexibility index (Phi) is 4.60. The molecule has 0 bridgehead atoms. The van der Waals surface area contributed by atoms with E-state index in [9.17, 15) is 4.79 Å². The standard InChI is InChI=1S/C20H18N4O2S/c1-13-6-8-15(9-7-13)17-12-27-20-22-19(23-24(17)20)21-18(25)11-26-16-5-3-4-14(2)10-16/h3-10,12H,11H2,1-2H3,(H,21,23,25). The first kappa shape index (κ1) is 17.2. The second-order valence-corrected chi connectivity index (χ2v) is 7.11. The quantitative estimate of drug-likeness (QED) is 0.568. The van der Waals surface area contributed by atoms with Crippen LogP contribution in [-0.4, -0.2) is 27.1 Å². The number of amides is 1. The molecule has 0 fully saturated rings. The minimum Gasteiger partial charge on any atom is -0.484 e. The lowest BCUT2D eigenvalue weighted by Crippen LogP contribution is -2.21. The Morgan fingerprint density at radius 2 is 1.96 bits per heavy atom. The monoisotopic (exact) mass is 378 g/mol. The lowest BCUT2D eigenvalue weighted by Gasteiger charge is -2.06. The van der Waals surface area contributed by atoms with Gasteiger partial charge in [-0.25, -0.2) is 4.52 Å². The Labute approximate surface area is 160 Å². The van der Waals surface area contributed by atoms with Gasteiger partial charge in [0.15, 0.2) is 6.61 Å². The van der Waals surface area contributed by atoms with Gasteiger partial charge in [-0.05, 0) is 31.5 Å². The molecule has 0 spiro atoms. The van der Waals surface area contributed by atoms with Crippen molar-refractivity contribution < 1.29 is 9.53 Å². The number of carbonyl (C=O) groups is 1. The van der Waals surface area contributed by atoms with Crippen molar-refractivity contribution in [1.29, 1.82) is 0 Å². The lowest BCUT2D eigenvalue weighted by molar-refractivity contribution is -0.118. The van der Waals surface area contributed by atoms with Crippen LogP contribution < -0.4 is 10.1 Å². The van der Waals surface area contributed by atoms with Gasteiger partial charge in [-0.3, -0.25) is 10.1 Å². The Morgan fingerprint density at radius 1 is 1.15 bits per heavy atom. The number of aromatic nitrogens is 3. The molecule has 1 amide bonds. The molecule has 7 heteroatoms. The summed E-state index contributed by atoms with van der Waals surface area (Å²) in [5.41, 5.74) is 4.27. The molecule has 2 heterocycles. The third-order valence-corrected chi connectivity index (χ3v) is 4.86. The molecule has 0 aliphatic rings. The van der Waals surface area contributed by atoms with E-state index in [0.29, 0.717) is 5.75 Å². The van der Waals surface area contributed by atoms with E-state index in [0.717, 1.165) is 21.8 Å². The van der Waals surface area contributed by atoms with Crippen molar-refractivity contribution in [2.45, 2.75) is 13.8 Å². The number of aryl methyl sites for hydroxylation is 2. The first-order valence-corrected chi connectivity index (χ1v) is 9.37. The fourth-order valence-electron chi connectivity index (χ4n) is 2.67. The van der Waals surface area contributed by atoms with E-state index < -0.39 is 0 Å². The summed E-state index contributed by atoms with van der Waals surface area (Å²) >= 11 is 1.48. The average molecular weight is 378 g/mol. The van der Waals surface area contributed by atoms with E-state index in [-0.39, 0.29) is 18.5 Å². The topological polar surface area (TPSA) is 68.5 Å². The fraction of sp³-hybridized carbons (Fsp3) is 0.150. The Morgan fingerprint density at radius 3 is 2.74 bits per heavy atom. The molecule has 0 radical (unpaired) electrons. The number of ether oxygens (including phenoxy) is 1. The number of thiazole rings is 1. The zero-order valence-electron chi connectivity index (χ0n) is 15.0. The molecular formula is C20H18N4O2S. The first-order valence-electron chi connectivity index (χ1n) is 8.49. The Hall–Kier alpha value is -3.19. The van der Waals surface area contributed by atoms with Crippen LogP contribution in [0.5, 0.6) is 5.75 Å². The number of anilines is 1. The molecule has 0 atom stereocenters. The van der Waals surface area contributed by atoms with Crippen molar-refractivity contribution >= 4 is 28.2 Å². The maximum absolute atomic E-state index is 12.1. The van der Waals surface area contributed by atoms with Crippen LogP contribution in [-0.2, 0) is 4.79 Å². The van der Waals surface area contributed by atoms with Gasteiger partial charge in [0.05, 0.1) is 5.69 Å². The fourth-order valence-corrected chi connectivity index (χ4v) is 3.50. The van der Waals surface area contributed by atoms with Crippen LogP contribution in [0.15, 0.2) is 53.9 Å². The molecule has 2 aromatic heterocycles. The third-order valence-electron chi connectivity index (χ3n) is 4.04. The SMILES string of the molecule is Cc1ccc(-c2csc3nc(NC(=O)COc4cccc(C)c4)nn23)cc1. The highest BCUT2D eigenvalue weighted by atomic mass is 32.1. The van der Waals surface area contributed by atoms with Gasteiger partial charge in [0.25, 0.3) is 11.9 Å². The van der Waals surface area contributed by atoms with Crippen molar-refractivity contribution in [1.82, 2.24) is 14.6 Å². The number of rotatable bonds is 5. The summed E-state index contributed by atoms with van der Waals surface area (Å²) < 4.78 is 7.25. The predicted octanol–water partition coefficient (Wildman–Crippen LogP) is 4.09. The maximum Gasteiger partial charge on any atom is 0.264 e. The normalized spacial score (nSPS) is 10.9. The molecular weight excluding hydrogens is 360 g/mol. The molecule has 0 aliphatic carbocycles. The minimum atomic E-state index is -0.299. The van der Waals surface area contributed by atoms with Crippen molar-refractivity contribution in [3.63, 3.8) is 0 Å². The zero-order valence-corrected chi connectivity index (χ0v) is 15.8. The first-order chi connectivity index (χ1) is 13.1. The van der Waals surface area contributed by atoms with Crippen LogP contribution >= 0.6 is 11.3 Å². The number of carbonyl (C=O) groups excluding carboxylic acids is 1. The molecule has 0 saturated heterocycles. The zero-order chi connectivity index (χ0) is 18.8. The molecule has 0 unspecified atom stereocenters. The summed E-state index contributed by atoms with van der Waals surface area (Å²) in [7, 11) is 0. The average Bonchev–Trinajstić information content (AvgIpc) is 3.21. The number of nitrogens with zero attached hydrogens (tertiary/aromatic N) is 3. The van der Waals surface area contributed by atoms with Gasteiger partial charge in [-0.15, -0.1) is 16.4 Å². The van der Waals surface area contributed by atoms with E-state index in [1.54, 1.807) is 4.52 Å². The van der Waals surface area contributed by atoms with Gasteiger partial charge in [-0.2, -0.15) is 4.98 Å². The second kappa shape index (κ2) is 7.20. The summed E-state index contributed by atoms with van der Waals surface area (Å²) in [5, 5.41) is 9.11. The van der Waals surface area contributed by atoms with Crippen molar-refractivity contribution in [3.8, 4) is 17.0 Å². The van der Waals surface area contributed by atoms with Crippen LogP contribution in [0, 0.1) is 13.8 Å². The van der Waals surface area contributed by atoms with E-state index in [1.165, 1.54) is 16.9 Å². The van der Waals surface area contributed by atoms with Crippen LogP contribution in [0.1, 0.15) is 11.1 Å². The maximum atomic E-state index is 12.1. The number of benzene rings is 2. The molecule has 2 aromatic carbocycles. The largest absolute Gasteiger partial charge is 0.484 e. The van der Waals surface area contributed by atoms with Crippen LogP contribution in [0.25, 0.3) is 16.2 Å². The van der Waals surface area contributed by atoms with Crippen LogP contribution in [0.3, 0.4) is 0 Å². The van der Waals surface area contributed by atoms with Crippen LogP contribution in [0.2, 0.25) is 0 Å². The highest BCUT2D eigenvalue weighted by molar-refractivity contribution is 7.15. The lowest BCUT2D eigenvalue weighted by atomic mass is 10.1. The van der Waals surface area contributed by atoms with Crippen molar-refractivity contribution in [3.05, 3.63) is 65.0 Å². The number of hydrogen-bond donors (Lipinski definition) is 1. The number of nitrogens with one attached hydrogen (secondary N) is 1. The third kappa shape index (κ3) is 3.83. The van der Waals surface area contributed by atoms with Gasteiger partial charge in [0.1, 0.15) is 5.75 Å². The molecule has 1 N–H and O–H groups in total. The second-order valence-electron chi connectivity index (χ2n) is 6.27.